The van der Waals surface area contributed by atoms with Gasteiger partial charge in [0.2, 0.25) is 0 Å². The third-order valence-electron chi connectivity index (χ3n) is 14.0. The molecule has 5 aliphatic rings. The van der Waals surface area contributed by atoms with E-state index in [1.807, 2.05) is 26.8 Å². The maximum absolute atomic E-state index is 13.7. The van der Waals surface area contributed by atoms with Gasteiger partial charge in [0.05, 0.1) is 43.2 Å². The van der Waals surface area contributed by atoms with E-state index in [4.69, 9.17) is 28.1 Å². The highest BCUT2D eigenvalue weighted by Gasteiger charge is 2.90. The fourth-order valence-corrected chi connectivity index (χ4v) is 11.5. The van der Waals surface area contributed by atoms with Gasteiger partial charge in [-0.15, -0.1) is 0 Å². The van der Waals surface area contributed by atoms with E-state index >= 15 is 0 Å². The Morgan fingerprint density at radius 3 is 2.11 bits per heavy atom. The van der Waals surface area contributed by atoms with Crippen LogP contribution in [0.4, 0.5) is 0 Å². The van der Waals surface area contributed by atoms with Crippen molar-refractivity contribution in [3.63, 3.8) is 0 Å². The normalized spacial score (nSPS) is 46.9. The van der Waals surface area contributed by atoms with Crippen LogP contribution in [0.2, 0.25) is 0 Å². The summed E-state index contributed by atoms with van der Waals surface area (Å²) in [5.74, 6) is -3.40. The second-order valence-electron chi connectivity index (χ2n) is 15.7. The van der Waals surface area contributed by atoms with E-state index in [1.165, 1.54) is 21.0 Å². The molecule has 0 amide bonds. The van der Waals surface area contributed by atoms with E-state index < -0.39 is 81.4 Å². The maximum Gasteiger partial charge on any atom is 0.314 e. The van der Waals surface area contributed by atoms with Crippen LogP contribution in [0.1, 0.15) is 99.0 Å². The van der Waals surface area contributed by atoms with Crippen molar-refractivity contribution in [1.29, 1.82) is 0 Å². The first kappa shape index (κ1) is 34.0. The Hall–Kier alpha value is -2.92. The number of carbonyl (C=O) groups is 4. The fourth-order valence-electron chi connectivity index (χ4n) is 11.5. The average Bonchev–Trinajstić information content (AvgIpc) is 3.36. The number of carbonyl (C=O) groups excluding carboxylic acids is 4. The van der Waals surface area contributed by atoms with Crippen LogP contribution < -0.4 is 0 Å². The van der Waals surface area contributed by atoms with Gasteiger partial charge >= 0.3 is 23.9 Å². The highest BCUT2D eigenvalue weighted by molar-refractivity contribution is 5.78. The van der Waals surface area contributed by atoms with Crippen LogP contribution in [0.15, 0.2) is 23.0 Å². The molecule has 1 N–H and O–H groups in total. The van der Waals surface area contributed by atoms with Crippen molar-refractivity contribution in [2.45, 2.75) is 130 Å². The van der Waals surface area contributed by atoms with Gasteiger partial charge in [0.15, 0.2) is 0 Å². The maximum atomic E-state index is 13.7. The molecule has 2 heterocycles. The van der Waals surface area contributed by atoms with Crippen LogP contribution in [0, 0.1) is 39.4 Å². The lowest BCUT2D eigenvalue weighted by Gasteiger charge is -2.71. The molecule has 1 aromatic rings. The molecule has 11 heteroatoms. The van der Waals surface area contributed by atoms with Crippen molar-refractivity contribution in [2.24, 2.45) is 39.4 Å². The number of furan rings is 1. The number of methoxy groups -OCH3 is 1. The van der Waals surface area contributed by atoms with Crippen molar-refractivity contribution >= 4 is 23.9 Å². The van der Waals surface area contributed by atoms with E-state index in [2.05, 4.69) is 13.8 Å². The molecule has 4 saturated carbocycles. The second kappa shape index (κ2) is 11.1. The first-order valence-electron chi connectivity index (χ1n) is 17.0. The Kier molecular flexibility index (Phi) is 7.99. The molecular formula is C36H50O11. The molecule has 5 fully saturated rings. The van der Waals surface area contributed by atoms with Crippen molar-refractivity contribution in [3.8, 4) is 0 Å². The first-order valence-corrected chi connectivity index (χ1v) is 17.0. The van der Waals surface area contributed by atoms with Crippen molar-refractivity contribution < 1.29 is 52.4 Å². The Bertz CT molecular complexity index is 1440. The number of rotatable bonds is 7. The van der Waals surface area contributed by atoms with Crippen LogP contribution in [0.25, 0.3) is 0 Å². The summed E-state index contributed by atoms with van der Waals surface area (Å²) in [5.41, 5.74) is -3.93. The number of fused-ring (bicyclic) bond motifs is 3. The fraction of sp³-hybridized carbons (Fsp3) is 0.778. The highest BCUT2D eigenvalue weighted by atomic mass is 16.6. The number of ether oxygens (including phenoxy) is 5. The molecule has 1 aromatic heterocycles. The minimum Gasteiger partial charge on any atom is -0.472 e. The molecule has 0 aromatic carbocycles. The van der Waals surface area contributed by atoms with Crippen LogP contribution in [0.3, 0.4) is 0 Å². The number of epoxide rings is 1. The van der Waals surface area contributed by atoms with Crippen LogP contribution in [0.5, 0.6) is 0 Å². The van der Waals surface area contributed by atoms with Gasteiger partial charge in [-0.1, -0.05) is 34.6 Å². The predicted octanol–water partition coefficient (Wildman–Crippen LogP) is 4.73. The standard InChI is InChI=1S/C36H50O11/c1-10-18(2)30(40)46-27-15-24-32(5)23(33(6,31(41)42-9)25(39)16-26(32)44-19(3)37)14-28(45-20(4)38)35(24,8)36-29(47-36)13-22(34(27,36)7)21-11-12-43-17-21/h11-12,17-18,22-29,39H,10,13-16H2,1-9H3/t18?,22-,23-,24-,25-,26+,27+,28-,29-,32+,33+,34-,35+,36+/m1/s1. The summed E-state index contributed by atoms with van der Waals surface area (Å²) in [6, 6.07) is 1.94. The quantitative estimate of drug-likeness (QED) is 0.246. The molecular weight excluding hydrogens is 608 g/mol. The molecule has 260 valence electrons. The van der Waals surface area contributed by atoms with Crippen LogP contribution in [-0.4, -0.2) is 72.2 Å². The monoisotopic (exact) mass is 658 g/mol. The predicted molar refractivity (Wildman–Crippen MR) is 165 cm³/mol. The molecule has 0 radical (unpaired) electrons. The van der Waals surface area contributed by atoms with Gasteiger partial charge in [-0.3, -0.25) is 19.2 Å². The van der Waals surface area contributed by atoms with Gasteiger partial charge in [-0.05, 0) is 56.1 Å². The smallest absolute Gasteiger partial charge is 0.314 e. The zero-order valence-corrected chi connectivity index (χ0v) is 29.0. The van der Waals surface area contributed by atoms with Crippen molar-refractivity contribution in [1.82, 2.24) is 0 Å². The zero-order chi connectivity index (χ0) is 34.5. The molecule has 11 nitrogen and oxygen atoms in total. The van der Waals surface area contributed by atoms with Gasteiger partial charge in [0, 0.05) is 42.4 Å². The van der Waals surface area contributed by atoms with Gasteiger partial charge in [0.25, 0.3) is 0 Å². The van der Waals surface area contributed by atoms with Gasteiger partial charge in [-0.2, -0.15) is 0 Å². The lowest BCUT2D eigenvalue weighted by atomic mass is 9.34. The summed E-state index contributed by atoms with van der Waals surface area (Å²) in [4.78, 5) is 52.9. The summed E-state index contributed by atoms with van der Waals surface area (Å²) in [6.07, 6.45) is 1.55. The number of aliphatic hydroxyl groups is 1. The number of hydrogen-bond acceptors (Lipinski definition) is 11. The molecule has 6 rings (SSSR count). The molecule has 4 aliphatic carbocycles. The van der Waals surface area contributed by atoms with Crippen molar-refractivity contribution in [2.75, 3.05) is 7.11 Å². The van der Waals surface area contributed by atoms with E-state index in [0.29, 0.717) is 19.3 Å². The minimum absolute atomic E-state index is 0.00646. The SMILES string of the molecule is CCC(C)C(=O)O[C@H]1C[C@@H]2[C@@]3(C)[C@@H](OC(C)=O)C[C@@H](O)[C@@](C)(C(=O)OC)[C@@H]3C[C@@H](OC(C)=O)[C@@]2(C)[C@]23O[C@@H]2C[C@H](c2ccoc2)[C@]13C. The summed E-state index contributed by atoms with van der Waals surface area (Å²) < 4.78 is 36.6. The molecule has 1 unspecified atom stereocenters. The Balaban J connectivity index is 1.60. The summed E-state index contributed by atoms with van der Waals surface area (Å²) in [5, 5.41) is 11.6. The number of esters is 4. The molecule has 14 atom stereocenters. The van der Waals surface area contributed by atoms with Gasteiger partial charge in [-0.25, -0.2) is 0 Å². The van der Waals surface area contributed by atoms with Gasteiger partial charge < -0.3 is 33.2 Å². The second-order valence-corrected chi connectivity index (χ2v) is 15.7. The average molecular weight is 659 g/mol. The van der Waals surface area contributed by atoms with Crippen LogP contribution >= 0.6 is 0 Å². The minimum atomic E-state index is -1.42. The molecule has 1 spiro atoms. The van der Waals surface area contributed by atoms with E-state index in [0.717, 1.165) is 5.56 Å². The zero-order valence-electron chi connectivity index (χ0n) is 29.0. The van der Waals surface area contributed by atoms with E-state index in [-0.39, 0.29) is 36.8 Å². The first-order chi connectivity index (χ1) is 22.0. The topological polar surface area (TPSA) is 151 Å². The third-order valence-corrected chi connectivity index (χ3v) is 14.0. The lowest BCUT2D eigenvalue weighted by molar-refractivity contribution is -0.303. The largest absolute Gasteiger partial charge is 0.472 e. The number of hydrogen-bond donors (Lipinski definition) is 1. The molecule has 47 heavy (non-hydrogen) atoms. The Morgan fingerprint density at radius 1 is 0.915 bits per heavy atom. The van der Waals surface area contributed by atoms with Crippen molar-refractivity contribution in [3.05, 3.63) is 24.2 Å². The Labute approximate surface area is 276 Å². The van der Waals surface area contributed by atoms with E-state index in [9.17, 15) is 24.3 Å². The lowest BCUT2D eigenvalue weighted by Crippen LogP contribution is -2.77. The molecule has 1 aliphatic heterocycles. The van der Waals surface area contributed by atoms with Gasteiger partial charge in [0.1, 0.15) is 23.9 Å². The summed E-state index contributed by atoms with van der Waals surface area (Å²) in [7, 11) is 1.29. The summed E-state index contributed by atoms with van der Waals surface area (Å²) in [6.45, 7) is 14.4. The third kappa shape index (κ3) is 4.23. The Morgan fingerprint density at radius 2 is 1.53 bits per heavy atom. The molecule has 0 bridgehead atoms. The number of aliphatic hydroxyl groups excluding tert-OH is 1. The highest BCUT2D eigenvalue weighted by Crippen LogP contribution is 2.83. The van der Waals surface area contributed by atoms with Crippen LogP contribution in [-0.2, 0) is 42.9 Å². The summed E-state index contributed by atoms with van der Waals surface area (Å²) >= 11 is 0. The molecule has 1 saturated heterocycles. The van der Waals surface area contributed by atoms with E-state index in [1.54, 1.807) is 19.5 Å².